The normalized spacial score (nSPS) is 15.0. The minimum Gasteiger partial charge on any atom is -0.507 e. The highest BCUT2D eigenvalue weighted by molar-refractivity contribution is 7.89. The number of carbonyl (C=O) groups excluding carboxylic acids is 1. The van der Waals surface area contributed by atoms with Crippen molar-refractivity contribution in [1.82, 2.24) is 19.0 Å². The molecule has 2 aromatic carbocycles. The van der Waals surface area contributed by atoms with E-state index in [-0.39, 0.29) is 54.0 Å². The van der Waals surface area contributed by atoms with Crippen LogP contribution in [0.1, 0.15) is 42.2 Å². The van der Waals surface area contributed by atoms with Crippen LogP contribution >= 0.6 is 0 Å². The molecule has 0 radical (unpaired) electrons. The highest BCUT2D eigenvalue weighted by Gasteiger charge is 2.33. The first kappa shape index (κ1) is 24.9. The molecule has 186 valence electrons. The van der Waals surface area contributed by atoms with Crippen molar-refractivity contribution < 1.29 is 18.3 Å². The first-order chi connectivity index (χ1) is 16.7. The topological polar surface area (TPSA) is 113 Å². The van der Waals surface area contributed by atoms with E-state index in [9.17, 15) is 23.1 Å². The number of aryl methyl sites for hydroxylation is 2. The number of benzene rings is 2. The third-order valence-corrected chi connectivity index (χ3v) is 8.23. The second-order valence-corrected chi connectivity index (χ2v) is 10.7. The van der Waals surface area contributed by atoms with Crippen LogP contribution in [0, 0.1) is 6.92 Å². The van der Waals surface area contributed by atoms with Crippen LogP contribution in [0.5, 0.6) is 5.75 Å². The van der Waals surface area contributed by atoms with Gasteiger partial charge in [0.05, 0.1) is 5.39 Å². The average molecular weight is 499 g/mol. The molecule has 3 aromatic rings. The molecule has 0 spiro atoms. The van der Waals surface area contributed by atoms with E-state index < -0.39 is 10.0 Å². The highest BCUT2D eigenvalue weighted by atomic mass is 32.2. The Balaban J connectivity index is 1.58. The lowest BCUT2D eigenvalue weighted by molar-refractivity contribution is 0.0691. The fourth-order valence-electron chi connectivity index (χ4n) is 4.30. The number of nitrogens with zero attached hydrogens (tertiary/aromatic N) is 4. The predicted molar refractivity (Wildman–Crippen MR) is 133 cm³/mol. The van der Waals surface area contributed by atoms with Gasteiger partial charge in [-0.25, -0.2) is 13.1 Å². The average Bonchev–Trinajstić information content (AvgIpc) is 2.86. The van der Waals surface area contributed by atoms with Crippen LogP contribution < -0.4 is 5.56 Å². The number of rotatable bonds is 7. The van der Waals surface area contributed by atoms with Crippen molar-refractivity contribution >= 4 is 26.7 Å². The molecule has 0 atom stereocenters. The molecular weight excluding hydrogens is 468 g/mol. The molecule has 35 heavy (non-hydrogen) atoms. The number of amides is 1. The maximum absolute atomic E-state index is 13.5. The van der Waals surface area contributed by atoms with Crippen molar-refractivity contribution in [3.05, 3.63) is 64.1 Å². The number of hydrogen-bond acceptors (Lipinski definition) is 6. The molecule has 1 N–H and O–H groups in total. The third-order valence-electron chi connectivity index (χ3n) is 6.30. The Bertz CT molecular complexity index is 1410. The van der Waals surface area contributed by atoms with E-state index in [2.05, 4.69) is 12.0 Å². The number of phenolic OH excluding ortho intramolecular Hbond substituents is 1. The second-order valence-electron chi connectivity index (χ2n) is 8.80. The number of piperazine rings is 1. The Hall–Kier alpha value is -3.24. The number of aromatic nitrogens is 2. The summed E-state index contributed by atoms with van der Waals surface area (Å²) in [4.78, 5) is 27.8. The van der Waals surface area contributed by atoms with Gasteiger partial charge in [0.15, 0.2) is 5.69 Å². The van der Waals surface area contributed by atoms with Crippen molar-refractivity contribution in [2.24, 2.45) is 0 Å². The van der Waals surface area contributed by atoms with Crippen molar-refractivity contribution in [3.63, 3.8) is 0 Å². The lowest BCUT2D eigenvalue weighted by atomic mass is 10.1. The first-order valence-corrected chi connectivity index (χ1v) is 13.3. The molecule has 1 aromatic heterocycles. The van der Waals surface area contributed by atoms with Gasteiger partial charge in [-0.05, 0) is 37.1 Å². The number of phenols is 1. The minimum atomic E-state index is -3.90. The van der Waals surface area contributed by atoms with E-state index in [0.29, 0.717) is 17.3 Å². The van der Waals surface area contributed by atoms with Gasteiger partial charge in [-0.3, -0.25) is 9.59 Å². The zero-order valence-electron chi connectivity index (χ0n) is 20.0. The van der Waals surface area contributed by atoms with Crippen LogP contribution in [0.25, 0.3) is 10.8 Å². The molecule has 1 fully saturated rings. The van der Waals surface area contributed by atoms with Crippen molar-refractivity contribution in [3.8, 4) is 5.75 Å². The second kappa shape index (κ2) is 10.2. The Labute approximate surface area is 204 Å². The van der Waals surface area contributed by atoms with Crippen LogP contribution in [0.15, 0.2) is 52.2 Å². The molecule has 2 heterocycles. The molecule has 0 aliphatic carbocycles. The maximum Gasteiger partial charge on any atom is 0.275 e. The Kier molecular flexibility index (Phi) is 7.23. The van der Waals surface area contributed by atoms with Crippen LogP contribution in [0.3, 0.4) is 0 Å². The minimum absolute atomic E-state index is 0.0928. The summed E-state index contributed by atoms with van der Waals surface area (Å²) in [6.45, 7) is 4.81. The summed E-state index contributed by atoms with van der Waals surface area (Å²) in [6.07, 6.45) is 2.75. The molecule has 0 saturated carbocycles. The van der Waals surface area contributed by atoms with E-state index >= 15 is 0 Å². The molecule has 1 amide bonds. The van der Waals surface area contributed by atoms with Gasteiger partial charge >= 0.3 is 0 Å². The van der Waals surface area contributed by atoms with Crippen molar-refractivity contribution in [1.29, 1.82) is 0 Å². The Morgan fingerprint density at radius 1 is 1.03 bits per heavy atom. The Morgan fingerprint density at radius 3 is 2.40 bits per heavy atom. The van der Waals surface area contributed by atoms with Crippen LogP contribution in [-0.4, -0.2) is 64.6 Å². The number of hydrogen-bond donors (Lipinski definition) is 1. The summed E-state index contributed by atoms with van der Waals surface area (Å²) >= 11 is 0. The highest BCUT2D eigenvalue weighted by Crippen LogP contribution is 2.27. The lowest BCUT2D eigenvalue weighted by Crippen LogP contribution is -2.50. The first-order valence-electron chi connectivity index (χ1n) is 11.8. The van der Waals surface area contributed by atoms with Gasteiger partial charge in [-0.1, -0.05) is 44.0 Å². The summed E-state index contributed by atoms with van der Waals surface area (Å²) in [5.74, 6) is -0.629. The SMILES string of the molecule is CCCCCn1nc(C(=O)N2CCN(S(=O)(=O)c3cc(C)ccc3O)CC2)c2ccccc2c1=O. The Morgan fingerprint density at radius 2 is 1.71 bits per heavy atom. The third kappa shape index (κ3) is 4.94. The van der Waals surface area contributed by atoms with Gasteiger partial charge < -0.3 is 10.0 Å². The summed E-state index contributed by atoms with van der Waals surface area (Å²) in [6, 6.07) is 11.4. The molecule has 9 nitrogen and oxygen atoms in total. The number of sulfonamides is 1. The summed E-state index contributed by atoms with van der Waals surface area (Å²) in [5.41, 5.74) is 0.702. The predicted octanol–water partition coefficient (Wildman–Crippen LogP) is 2.75. The number of aromatic hydroxyl groups is 1. The number of fused-ring (bicyclic) bond motifs is 1. The number of carbonyl (C=O) groups is 1. The van der Waals surface area contributed by atoms with Gasteiger partial charge in [0, 0.05) is 38.1 Å². The smallest absolute Gasteiger partial charge is 0.275 e. The van der Waals surface area contributed by atoms with E-state index in [1.165, 1.54) is 21.1 Å². The van der Waals surface area contributed by atoms with E-state index in [1.54, 1.807) is 42.2 Å². The van der Waals surface area contributed by atoms with E-state index in [4.69, 9.17) is 0 Å². The monoisotopic (exact) mass is 498 g/mol. The molecule has 0 unspecified atom stereocenters. The maximum atomic E-state index is 13.5. The molecule has 4 rings (SSSR count). The van der Waals surface area contributed by atoms with Gasteiger partial charge in [-0.2, -0.15) is 9.40 Å². The zero-order chi connectivity index (χ0) is 25.2. The molecule has 1 saturated heterocycles. The number of unbranched alkanes of at least 4 members (excludes halogenated alkanes) is 2. The van der Waals surface area contributed by atoms with E-state index in [1.807, 2.05) is 0 Å². The fourth-order valence-corrected chi connectivity index (χ4v) is 5.89. The van der Waals surface area contributed by atoms with Crippen molar-refractivity contribution in [2.75, 3.05) is 26.2 Å². The summed E-state index contributed by atoms with van der Waals surface area (Å²) in [5, 5.41) is 15.5. The van der Waals surface area contributed by atoms with Crippen LogP contribution in [0.2, 0.25) is 0 Å². The zero-order valence-corrected chi connectivity index (χ0v) is 20.8. The fraction of sp³-hybridized carbons (Fsp3) is 0.400. The summed E-state index contributed by atoms with van der Waals surface area (Å²) in [7, 11) is -3.90. The summed E-state index contributed by atoms with van der Waals surface area (Å²) < 4.78 is 28.8. The standard InChI is InChI=1S/C25H30N4O5S/c1-3-4-7-12-29-24(31)20-9-6-5-8-19(20)23(26-29)25(32)27-13-15-28(16-14-27)35(33,34)22-17-18(2)10-11-21(22)30/h5-6,8-11,17,30H,3-4,7,12-16H2,1-2H3. The van der Waals surface area contributed by atoms with Crippen LogP contribution in [0.4, 0.5) is 0 Å². The van der Waals surface area contributed by atoms with Crippen molar-refractivity contribution in [2.45, 2.75) is 44.6 Å². The molecule has 1 aliphatic rings. The van der Waals surface area contributed by atoms with E-state index in [0.717, 1.165) is 24.8 Å². The van der Waals surface area contributed by atoms with Gasteiger partial charge in [-0.15, -0.1) is 0 Å². The molecule has 10 heteroatoms. The van der Waals surface area contributed by atoms with Gasteiger partial charge in [0.1, 0.15) is 10.6 Å². The van der Waals surface area contributed by atoms with Gasteiger partial charge in [0.2, 0.25) is 10.0 Å². The molecule has 0 bridgehead atoms. The largest absolute Gasteiger partial charge is 0.507 e. The molecule has 1 aliphatic heterocycles. The van der Waals surface area contributed by atoms with Crippen LogP contribution in [-0.2, 0) is 16.6 Å². The van der Waals surface area contributed by atoms with Gasteiger partial charge in [0.25, 0.3) is 11.5 Å². The quantitative estimate of drug-likeness (QED) is 0.501. The molecular formula is C25H30N4O5S. The lowest BCUT2D eigenvalue weighted by Gasteiger charge is -2.34.